The summed E-state index contributed by atoms with van der Waals surface area (Å²) in [7, 11) is 0. The highest BCUT2D eigenvalue weighted by Crippen LogP contribution is 2.15. The summed E-state index contributed by atoms with van der Waals surface area (Å²) in [5, 5.41) is 12.2. The highest BCUT2D eigenvalue weighted by atomic mass is 16.2. The lowest BCUT2D eigenvalue weighted by Crippen LogP contribution is -2.42. The van der Waals surface area contributed by atoms with Crippen molar-refractivity contribution in [1.82, 2.24) is 10.2 Å². The van der Waals surface area contributed by atoms with Gasteiger partial charge >= 0.3 is 0 Å². The summed E-state index contributed by atoms with van der Waals surface area (Å²) in [6, 6.07) is 9.30. The van der Waals surface area contributed by atoms with Crippen LogP contribution in [0.15, 0.2) is 24.3 Å². The fourth-order valence-electron chi connectivity index (χ4n) is 2.48. The molecule has 1 aromatic carbocycles. The first-order valence-electron chi connectivity index (χ1n) is 6.78. The number of nitriles is 1. The van der Waals surface area contributed by atoms with Gasteiger partial charge in [-0.15, -0.1) is 0 Å². The normalized spacial score (nSPS) is 18.0. The molecule has 4 nitrogen and oxygen atoms in total. The summed E-state index contributed by atoms with van der Waals surface area (Å²) in [4.78, 5) is 14.5. The zero-order valence-corrected chi connectivity index (χ0v) is 11.2. The Morgan fingerprint density at radius 2 is 2.42 bits per heavy atom. The number of amides is 1. The van der Waals surface area contributed by atoms with Crippen molar-refractivity contribution in [2.45, 2.75) is 25.8 Å². The Morgan fingerprint density at radius 3 is 3.05 bits per heavy atom. The molecule has 1 N–H and O–H groups in total. The molecule has 19 heavy (non-hydrogen) atoms. The van der Waals surface area contributed by atoms with Crippen LogP contribution in [0.3, 0.4) is 0 Å². The van der Waals surface area contributed by atoms with Crippen molar-refractivity contribution in [3.05, 3.63) is 35.4 Å². The Balaban J connectivity index is 2.20. The molecule has 0 radical (unpaired) electrons. The molecule has 0 aliphatic carbocycles. The highest BCUT2D eigenvalue weighted by Gasteiger charge is 2.26. The number of hydrogen-bond acceptors (Lipinski definition) is 3. The van der Waals surface area contributed by atoms with E-state index in [1.54, 1.807) is 24.3 Å². The fraction of sp³-hybridized carbons (Fsp3) is 0.467. The van der Waals surface area contributed by atoms with E-state index >= 15 is 0 Å². The molecule has 1 aliphatic rings. The molecule has 1 saturated heterocycles. The molecular weight excluding hydrogens is 238 g/mol. The van der Waals surface area contributed by atoms with Crippen LogP contribution in [0.4, 0.5) is 0 Å². The van der Waals surface area contributed by atoms with Gasteiger partial charge in [-0.3, -0.25) is 4.79 Å². The SMILES string of the molecule is CCCN(C(=O)c1cccc(C#N)c1)C1CCNC1. The van der Waals surface area contributed by atoms with Gasteiger partial charge in [0.2, 0.25) is 0 Å². The second-order valence-corrected chi connectivity index (χ2v) is 4.84. The fourth-order valence-corrected chi connectivity index (χ4v) is 2.48. The lowest BCUT2D eigenvalue weighted by molar-refractivity contribution is 0.0692. The summed E-state index contributed by atoms with van der Waals surface area (Å²) in [5.41, 5.74) is 1.14. The number of nitrogens with zero attached hydrogens (tertiary/aromatic N) is 2. The van der Waals surface area contributed by atoms with E-state index in [9.17, 15) is 4.79 Å². The van der Waals surface area contributed by atoms with Crippen LogP contribution in [0, 0.1) is 11.3 Å². The smallest absolute Gasteiger partial charge is 0.254 e. The van der Waals surface area contributed by atoms with Crippen LogP contribution in [0.2, 0.25) is 0 Å². The number of nitrogens with one attached hydrogen (secondary N) is 1. The van der Waals surface area contributed by atoms with Crippen LogP contribution in [-0.4, -0.2) is 36.5 Å². The third-order valence-electron chi connectivity index (χ3n) is 3.44. The number of rotatable bonds is 4. The molecule has 1 amide bonds. The van der Waals surface area contributed by atoms with Gasteiger partial charge < -0.3 is 10.2 Å². The van der Waals surface area contributed by atoms with Crippen molar-refractivity contribution < 1.29 is 4.79 Å². The Labute approximate surface area is 114 Å². The van der Waals surface area contributed by atoms with Crippen molar-refractivity contribution >= 4 is 5.91 Å². The largest absolute Gasteiger partial charge is 0.334 e. The number of hydrogen-bond donors (Lipinski definition) is 1. The Kier molecular flexibility index (Phi) is 4.53. The molecule has 0 spiro atoms. The predicted octanol–water partition coefficient (Wildman–Crippen LogP) is 1.77. The van der Waals surface area contributed by atoms with E-state index in [1.165, 1.54) is 0 Å². The first-order valence-corrected chi connectivity index (χ1v) is 6.78. The standard InChI is InChI=1S/C15H19N3O/c1-2-8-18(14-6-7-17-11-14)15(19)13-5-3-4-12(9-13)10-16/h3-5,9,14,17H,2,6-8,11H2,1H3. The van der Waals surface area contributed by atoms with Gasteiger partial charge in [-0.05, 0) is 37.6 Å². The lowest BCUT2D eigenvalue weighted by Gasteiger charge is -2.28. The van der Waals surface area contributed by atoms with Gasteiger partial charge in [0, 0.05) is 24.7 Å². The summed E-state index contributed by atoms with van der Waals surface area (Å²) in [5.74, 6) is 0.0349. The van der Waals surface area contributed by atoms with Crippen molar-refractivity contribution in [2.75, 3.05) is 19.6 Å². The van der Waals surface area contributed by atoms with Crippen LogP contribution in [0.5, 0.6) is 0 Å². The zero-order valence-electron chi connectivity index (χ0n) is 11.2. The van der Waals surface area contributed by atoms with Crippen molar-refractivity contribution in [2.24, 2.45) is 0 Å². The summed E-state index contributed by atoms with van der Waals surface area (Å²) in [6.45, 7) is 4.68. The molecular formula is C15H19N3O. The molecule has 1 atom stereocenters. The number of benzene rings is 1. The van der Waals surface area contributed by atoms with E-state index in [-0.39, 0.29) is 11.9 Å². The molecule has 1 fully saturated rings. The second-order valence-electron chi connectivity index (χ2n) is 4.84. The van der Waals surface area contributed by atoms with E-state index in [2.05, 4.69) is 18.3 Å². The van der Waals surface area contributed by atoms with Crippen molar-refractivity contribution in [3.8, 4) is 6.07 Å². The zero-order chi connectivity index (χ0) is 13.7. The first-order chi connectivity index (χ1) is 9.26. The van der Waals surface area contributed by atoms with Crippen LogP contribution in [0.25, 0.3) is 0 Å². The van der Waals surface area contributed by atoms with Gasteiger partial charge in [0.25, 0.3) is 5.91 Å². The molecule has 100 valence electrons. The quantitative estimate of drug-likeness (QED) is 0.894. The number of carbonyl (C=O) groups is 1. The minimum atomic E-state index is 0.0349. The molecule has 0 saturated carbocycles. The predicted molar refractivity (Wildman–Crippen MR) is 73.8 cm³/mol. The maximum Gasteiger partial charge on any atom is 0.254 e. The van der Waals surface area contributed by atoms with Crippen LogP contribution < -0.4 is 5.32 Å². The average Bonchev–Trinajstić information content (AvgIpc) is 2.98. The van der Waals surface area contributed by atoms with Crippen LogP contribution >= 0.6 is 0 Å². The molecule has 2 rings (SSSR count). The van der Waals surface area contributed by atoms with Gasteiger partial charge in [0.1, 0.15) is 0 Å². The minimum Gasteiger partial charge on any atom is -0.334 e. The first kappa shape index (κ1) is 13.6. The van der Waals surface area contributed by atoms with E-state index in [0.717, 1.165) is 32.5 Å². The maximum absolute atomic E-state index is 12.6. The third-order valence-corrected chi connectivity index (χ3v) is 3.44. The monoisotopic (exact) mass is 257 g/mol. The van der Waals surface area contributed by atoms with Crippen LogP contribution in [0.1, 0.15) is 35.7 Å². The Hall–Kier alpha value is -1.86. The lowest BCUT2D eigenvalue weighted by atomic mass is 10.1. The highest BCUT2D eigenvalue weighted by molar-refractivity contribution is 5.94. The Morgan fingerprint density at radius 1 is 1.58 bits per heavy atom. The topological polar surface area (TPSA) is 56.1 Å². The van der Waals surface area contributed by atoms with Gasteiger partial charge in [0.15, 0.2) is 0 Å². The van der Waals surface area contributed by atoms with Gasteiger partial charge in [0.05, 0.1) is 11.6 Å². The van der Waals surface area contributed by atoms with Gasteiger partial charge in [-0.2, -0.15) is 5.26 Å². The van der Waals surface area contributed by atoms with Gasteiger partial charge in [-0.25, -0.2) is 0 Å². The van der Waals surface area contributed by atoms with E-state index in [4.69, 9.17) is 5.26 Å². The van der Waals surface area contributed by atoms with Crippen LogP contribution in [-0.2, 0) is 0 Å². The molecule has 4 heteroatoms. The summed E-state index contributed by atoms with van der Waals surface area (Å²) < 4.78 is 0. The molecule has 0 bridgehead atoms. The summed E-state index contributed by atoms with van der Waals surface area (Å²) in [6.07, 6.45) is 1.95. The molecule has 1 unspecified atom stereocenters. The maximum atomic E-state index is 12.6. The van der Waals surface area contributed by atoms with E-state index < -0.39 is 0 Å². The van der Waals surface area contributed by atoms with E-state index in [1.807, 2.05) is 4.90 Å². The molecule has 0 aromatic heterocycles. The molecule has 1 aliphatic heterocycles. The van der Waals surface area contributed by atoms with Gasteiger partial charge in [-0.1, -0.05) is 13.0 Å². The molecule has 1 aromatic rings. The average molecular weight is 257 g/mol. The third kappa shape index (κ3) is 3.12. The summed E-state index contributed by atoms with van der Waals surface area (Å²) >= 11 is 0. The second kappa shape index (κ2) is 6.35. The van der Waals surface area contributed by atoms with E-state index in [0.29, 0.717) is 11.1 Å². The minimum absolute atomic E-state index is 0.0349. The van der Waals surface area contributed by atoms with Crippen molar-refractivity contribution in [3.63, 3.8) is 0 Å². The number of carbonyl (C=O) groups excluding carboxylic acids is 1. The Bertz CT molecular complexity index is 486. The van der Waals surface area contributed by atoms with Crippen molar-refractivity contribution in [1.29, 1.82) is 5.26 Å². The molecule has 1 heterocycles.